The van der Waals surface area contributed by atoms with Crippen LogP contribution in [0.1, 0.15) is 35.6 Å². The van der Waals surface area contributed by atoms with E-state index in [4.69, 9.17) is 9.47 Å². The Labute approximate surface area is 174 Å². The molecule has 0 fully saturated rings. The number of aryl methyl sites for hydroxylation is 1. The third kappa shape index (κ3) is 4.89. The minimum atomic E-state index is -1.03. The van der Waals surface area contributed by atoms with Crippen LogP contribution in [0.4, 0.5) is 5.69 Å². The fourth-order valence-corrected chi connectivity index (χ4v) is 3.41. The molecule has 0 saturated heterocycles. The Balaban J connectivity index is 1.58. The van der Waals surface area contributed by atoms with Gasteiger partial charge in [0.05, 0.1) is 20.6 Å². The van der Waals surface area contributed by atoms with Gasteiger partial charge in [-0.2, -0.15) is 0 Å². The summed E-state index contributed by atoms with van der Waals surface area (Å²) < 4.78 is 9.79. The maximum absolute atomic E-state index is 12.4. The molecule has 8 heteroatoms. The molecule has 30 heavy (non-hydrogen) atoms. The van der Waals surface area contributed by atoms with Crippen molar-refractivity contribution in [2.75, 3.05) is 19.5 Å². The minimum Gasteiger partial charge on any atom is -0.504 e. The average Bonchev–Trinajstić information content (AvgIpc) is 3.10. The average molecular weight is 412 g/mol. The van der Waals surface area contributed by atoms with Gasteiger partial charge in [0.15, 0.2) is 17.5 Å². The van der Waals surface area contributed by atoms with Gasteiger partial charge in [0.1, 0.15) is 0 Å². The number of amides is 2. The van der Waals surface area contributed by atoms with Crippen molar-refractivity contribution in [1.29, 1.82) is 0 Å². The van der Waals surface area contributed by atoms with Gasteiger partial charge in [0.2, 0.25) is 11.8 Å². The predicted octanol–water partition coefficient (Wildman–Crippen LogP) is 2.25. The number of anilines is 1. The second-order valence-corrected chi connectivity index (χ2v) is 7.02. The quantitative estimate of drug-likeness (QED) is 0.573. The van der Waals surface area contributed by atoms with Crippen molar-refractivity contribution in [2.24, 2.45) is 0 Å². The number of nitrogens with one attached hydrogen (secondary N) is 2. The topological polar surface area (TPSA) is 114 Å². The van der Waals surface area contributed by atoms with Crippen LogP contribution in [0.5, 0.6) is 11.5 Å². The third-order valence-corrected chi connectivity index (χ3v) is 4.94. The normalized spacial score (nSPS) is 13.2. The van der Waals surface area contributed by atoms with Gasteiger partial charge in [-0.3, -0.25) is 9.59 Å². The number of aromatic hydroxyl groups is 1. The van der Waals surface area contributed by atoms with E-state index in [0.29, 0.717) is 24.8 Å². The number of rotatable bonds is 8. The first kappa shape index (κ1) is 21.2. The molecule has 0 bridgehead atoms. The van der Waals surface area contributed by atoms with Crippen LogP contribution in [0, 0.1) is 0 Å². The van der Waals surface area contributed by atoms with Crippen LogP contribution >= 0.6 is 0 Å². The highest BCUT2D eigenvalue weighted by molar-refractivity contribution is 5.99. The number of ether oxygens (including phenoxy) is 2. The molecule has 0 radical (unpaired) electrons. The van der Waals surface area contributed by atoms with E-state index in [1.807, 2.05) is 18.2 Å². The molecule has 1 heterocycles. The molecule has 0 aliphatic carbocycles. The minimum absolute atomic E-state index is 0.0139. The summed E-state index contributed by atoms with van der Waals surface area (Å²) in [6.07, 6.45) is 1.83. The Hall–Kier alpha value is -3.55. The highest BCUT2D eigenvalue weighted by atomic mass is 16.5. The summed E-state index contributed by atoms with van der Waals surface area (Å²) in [7, 11) is 2.65. The largest absolute Gasteiger partial charge is 0.504 e. The second kappa shape index (κ2) is 9.30. The van der Waals surface area contributed by atoms with E-state index < -0.39 is 12.0 Å². The molecule has 158 valence electrons. The summed E-state index contributed by atoms with van der Waals surface area (Å²) in [5, 5.41) is 15.4. The summed E-state index contributed by atoms with van der Waals surface area (Å²) in [6, 6.07) is 9.21. The zero-order valence-electron chi connectivity index (χ0n) is 16.9. The predicted molar refractivity (Wildman–Crippen MR) is 109 cm³/mol. The van der Waals surface area contributed by atoms with Crippen molar-refractivity contribution in [3.63, 3.8) is 0 Å². The lowest BCUT2D eigenvalue weighted by molar-refractivity contribution is -0.145. The van der Waals surface area contributed by atoms with Gasteiger partial charge in [-0.15, -0.1) is 0 Å². The summed E-state index contributed by atoms with van der Waals surface area (Å²) in [5.74, 6) is -0.829. The molecule has 1 aliphatic rings. The first-order valence-corrected chi connectivity index (χ1v) is 9.57. The smallest absolute Gasteiger partial charge is 0.333 e. The van der Waals surface area contributed by atoms with Crippen LogP contribution in [0.3, 0.4) is 0 Å². The van der Waals surface area contributed by atoms with Crippen LogP contribution in [0.25, 0.3) is 0 Å². The number of esters is 1. The molecule has 8 nitrogen and oxygen atoms in total. The summed E-state index contributed by atoms with van der Waals surface area (Å²) in [6.45, 7) is 0. The number of phenols is 1. The molecular formula is C22H24N2O6. The zero-order valence-corrected chi connectivity index (χ0v) is 16.9. The van der Waals surface area contributed by atoms with Crippen molar-refractivity contribution in [1.82, 2.24) is 5.32 Å². The van der Waals surface area contributed by atoms with Crippen molar-refractivity contribution in [3.05, 3.63) is 53.1 Å². The molecular weight excluding hydrogens is 388 g/mol. The van der Waals surface area contributed by atoms with Crippen molar-refractivity contribution in [3.8, 4) is 11.5 Å². The first-order chi connectivity index (χ1) is 14.4. The molecule has 2 aromatic rings. The second-order valence-electron chi connectivity index (χ2n) is 7.02. The number of fused-ring (bicyclic) bond motifs is 1. The van der Waals surface area contributed by atoms with E-state index in [2.05, 4.69) is 10.6 Å². The molecule has 0 spiro atoms. The van der Waals surface area contributed by atoms with Crippen LogP contribution in [0.15, 0.2) is 36.4 Å². The highest BCUT2D eigenvalue weighted by Gasteiger charge is 2.24. The van der Waals surface area contributed by atoms with Gasteiger partial charge in [0, 0.05) is 12.1 Å². The van der Waals surface area contributed by atoms with Gasteiger partial charge < -0.3 is 25.2 Å². The van der Waals surface area contributed by atoms with E-state index >= 15 is 0 Å². The van der Waals surface area contributed by atoms with Crippen LogP contribution in [-0.2, 0) is 32.0 Å². The molecule has 3 rings (SSSR count). The molecule has 1 aliphatic heterocycles. The lowest BCUT2D eigenvalue weighted by Gasteiger charge is -2.18. The van der Waals surface area contributed by atoms with Crippen molar-refractivity contribution >= 4 is 23.5 Å². The molecule has 3 N–H and O–H groups in total. The van der Waals surface area contributed by atoms with E-state index in [1.165, 1.54) is 26.4 Å². The van der Waals surface area contributed by atoms with Crippen LogP contribution in [-0.4, -0.2) is 37.1 Å². The van der Waals surface area contributed by atoms with Crippen LogP contribution in [0.2, 0.25) is 0 Å². The lowest BCUT2D eigenvalue weighted by Crippen LogP contribution is -2.34. The number of hydrogen-bond acceptors (Lipinski definition) is 6. The summed E-state index contributed by atoms with van der Waals surface area (Å²) >= 11 is 0. The van der Waals surface area contributed by atoms with Gasteiger partial charge >= 0.3 is 5.97 Å². The van der Waals surface area contributed by atoms with Gasteiger partial charge in [-0.25, -0.2) is 4.79 Å². The Morgan fingerprint density at radius 2 is 2.00 bits per heavy atom. The summed E-state index contributed by atoms with van der Waals surface area (Å²) in [5.41, 5.74) is 3.24. The number of benzene rings is 2. The van der Waals surface area contributed by atoms with Gasteiger partial charge in [0.25, 0.3) is 0 Å². The maximum atomic E-state index is 12.4. The van der Waals surface area contributed by atoms with E-state index in [-0.39, 0.29) is 29.7 Å². The van der Waals surface area contributed by atoms with Gasteiger partial charge in [-0.1, -0.05) is 18.2 Å². The number of carbonyl (C=O) groups excluding carboxylic acids is 3. The number of hydrogen-bond donors (Lipinski definition) is 3. The Morgan fingerprint density at radius 1 is 1.20 bits per heavy atom. The van der Waals surface area contributed by atoms with E-state index in [9.17, 15) is 19.5 Å². The fourth-order valence-electron chi connectivity index (χ4n) is 3.41. The standard InChI is InChI=1S/C22H24N2O6/c1-29-18-9-7-14(11-17(18)25)21(22(28)30-2)24-19(26)5-3-4-13-6-8-16-15(10-13)12-20(27)23-16/h6-11,21,25H,3-5,12H2,1-2H3,(H,23,27)(H,24,26)/t21-/m0/s1. The Bertz CT molecular complexity index is 972. The van der Waals surface area contributed by atoms with Crippen molar-refractivity contribution < 1.29 is 29.0 Å². The Kier molecular flexibility index (Phi) is 6.56. The fraction of sp³-hybridized carbons (Fsp3) is 0.318. The first-order valence-electron chi connectivity index (χ1n) is 9.57. The molecule has 0 saturated carbocycles. The van der Waals surface area contributed by atoms with E-state index in [1.54, 1.807) is 6.07 Å². The van der Waals surface area contributed by atoms with E-state index in [0.717, 1.165) is 16.8 Å². The van der Waals surface area contributed by atoms with Gasteiger partial charge in [-0.05, 0) is 47.7 Å². The Morgan fingerprint density at radius 3 is 2.70 bits per heavy atom. The van der Waals surface area contributed by atoms with Crippen molar-refractivity contribution in [2.45, 2.75) is 31.7 Å². The molecule has 0 unspecified atom stereocenters. The zero-order chi connectivity index (χ0) is 21.7. The SMILES string of the molecule is COC(=O)[C@@H](NC(=O)CCCc1ccc2c(c1)CC(=O)N2)c1ccc(OC)c(O)c1. The number of methoxy groups -OCH3 is 2. The molecule has 2 aromatic carbocycles. The highest BCUT2D eigenvalue weighted by Crippen LogP contribution is 2.29. The number of phenolic OH excluding ortho intramolecular Hbond substituents is 1. The maximum Gasteiger partial charge on any atom is 0.333 e. The van der Waals surface area contributed by atoms with Crippen LogP contribution < -0.4 is 15.4 Å². The molecule has 1 atom stereocenters. The molecule has 2 amide bonds. The monoisotopic (exact) mass is 412 g/mol. The number of carbonyl (C=O) groups is 3. The molecule has 0 aromatic heterocycles. The third-order valence-electron chi connectivity index (χ3n) is 4.94. The summed E-state index contributed by atoms with van der Waals surface area (Å²) in [4.78, 5) is 36.0. The lowest BCUT2D eigenvalue weighted by atomic mass is 10.0.